The lowest BCUT2D eigenvalue weighted by Gasteiger charge is -2.55. The fourth-order valence-electron chi connectivity index (χ4n) is 4.28. The van der Waals surface area contributed by atoms with Gasteiger partial charge in [-0.15, -0.1) is 0 Å². The number of nitrogens with zero attached hydrogens (tertiary/aromatic N) is 2. The first-order chi connectivity index (χ1) is 7.54. The standard InChI is InChI=1S/C13H25N3/c1-12(2)5-3-8-16(12)11-4-6-13(11)7-9-15(14)10-13/h11H,3-10,14H2,1-2H3. The maximum Gasteiger partial charge on any atom is 0.0200 e. The second-order valence-electron chi connectivity index (χ2n) is 6.75. The lowest BCUT2D eigenvalue weighted by Crippen LogP contribution is -2.60. The van der Waals surface area contributed by atoms with Crippen LogP contribution in [0.4, 0.5) is 0 Å². The van der Waals surface area contributed by atoms with E-state index in [-0.39, 0.29) is 0 Å². The van der Waals surface area contributed by atoms with Crippen LogP contribution in [0.3, 0.4) is 0 Å². The van der Waals surface area contributed by atoms with Gasteiger partial charge in [0.25, 0.3) is 0 Å². The van der Waals surface area contributed by atoms with Gasteiger partial charge in [0.2, 0.25) is 0 Å². The molecule has 3 nitrogen and oxygen atoms in total. The van der Waals surface area contributed by atoms with Gasteiger partial charge in [-0.3, -0.25) is 10.7 Å². The van der Waals surface area contributed by atoms with E-state index < -0.39 is 0 Å². The van der Waals surface area contributed by atoms with Crippen LogP contribution in [0.1, 0.15) is 46.0 Å². The van der Waals surface area contributed by atoms with Crippen molar-refractivity contribution in [2.24, 2.45) is 11.3 Å². The first-order valence-corrected chi connectivity index (χ1v) is 6.80. The third-order valence-electron chi connectivity index (χ3n) is 5.38. The van der Waals surface area contributed by atoms with Crippen molar-refractivity contribution in [3.05, 3.63) is 0 Å². The molecule has 0 aromatic rings. The van der Waals surface area contributed by atoms with Gasteiger partial charge in [0.1, 0.15) is 0 Å². The highest BCUT2D eigenvalue weighted by molar-refractivity contribution is 5.09. The molecule has 2 heterocycles. The number of hydrogen-bond donors (Lipinski definition) is 1. The summed E-state index contributed by atoms with van der Waals surface area (Å²) >= 11 is 0. The number of hydrazine groups is 1. The Labute approximate surface area is 98.9 Å². The van der Waals surface area contributed by atoms with Crippen LogP contribution in [0.25, 0.3) is 0 Å². The maximum absolute atomic E-state index is 5.96. The van der Waals surface area contributed by atoms with E-state index in [9.17, 15) is 0 Å². The lowest BCUT2D eigenvalue weighted by atomic mass is 9.62. The quantitative estimate of drug-likeness (QED) is 0.685. The fraction of sp³-hybridized carbons (Fsp3) is 1.00. The predicted molar refractivity (Wildman–Crippen MR) is 65.9 cm³/mol. The molecular formula is C13H25N3. The molecule has 3 rings (SSSR count). The molecule has 1 spiro atoms. The van der Waals surface area contributed by atoms with E-state index in [1.807, 2.05) is 5.01 Å². The Morgan fingerprint density at radius 3 is 2.38 bits per heavy atom. The van der Waals surface area contributed by atoms with Crippen LogP contribution < -0.4 is 5.84 Å². The monoisotopic (exact) mass is 223 g/mol. The average Bonchev–Trinajstić information content (AvgIpc) is 2.72. The Morgan fingerprint density at radius 2 is 1.94 bits per heavy atom. The Balaban J connectivity index is 1.76. The summed E-state index contributed by atoms with van der Waals surface area (Å²) in [4.78, 5) is 2.79. The third-order valence-corrected chi connectivity index (χ3v) is 5.38. The molecule has 2 N–H and O–H groups in total. The van der Waals surface area contributed by atoms with Crippen molar-refractivity contribution in [2.45, 2.75) is 57.5 Å². The minimum absolute atomic E-state index is 0.431. The number of hydrogen-bond acceptors (Lipinski definition) is 3. The predicted octanol–water partition coefficient (Wildman–Crippen LogP) is 1.59. The van der Waals surface area contributed by atoms with Crippen LogP contribution >= 0.6 is 0 Å². The van der Waals surface area contributed by atoms with Gasteiger partial charge in [0.05, 0.1) is 0 Å². The molecule has 0 radical (unpaired) electrons. The van der Waals surface area contributed by atoms with Gasteiger partial charge < -0.3 is 0 Å². The topological polar surface area (TPSA) is 32.5 Å². The Morgan fingerprint density at radius 1 is 1.12 bits per heavy atom. The summed E-state index contributed by atoms with van der Waals surface area (Å²) in [6.07, 6.45) is 6.87. The first-order valence-electron chi connectivity index (χ1n) is 6.80. The van der Waals surface area contributed by atoms with E-state index in [0.29, 0.717) is 11.0 Å². The largest absolute Gasteiger partial charge is 0.295 e. The molecule has 0 aromatic heterocycles. The number of nitrogens with two attached hydrogens (primary N) is 1. The fourth-order valence-corrected chi connectivity index (χ4v) is 4.28. The molecule has 2 aliphatic heterocycles. The Kier molecular flexibility index (Phi) is 2.36. The first kappa shape index (κ1) is 11.0. The van der Waals surface area contributed by atoms with Gasteiger partial charge >= 0.3 is 0 Å². The van der Waals surface area contributed by atoms with Crippen LogP contribution in [0, 0.1) is 5.41 Å². The molecule has 2 atom stereocenters. The van der Waals surface area contributed by atoms with Gasteiger partial charge in [0, 0.05) is 30.1 Å². The van der Waals surface area contributed by atoms with Crippen LogP contribution in [0.2, 0.25) is 0 Å². The van der Waals surface area contributed by atoms with Crippen molar-refractivity contribution >= 4 is 0 Å². The molecule has 1 aliphatic carbocycles. The van der Waals surface area contributed by atoms with Crippen molar-refractivity contribution in [1.82, 2.24) is 9.91 Å². The van der Waals surface area contributed by atoms with Crippen LogP contribution in [-0.2, 0) is 0 Å². The van der Waals surface area contributed by atoms with Crippen LogP contribution in [-0.4, -0.2) is 41.1 Å². The molecule has 2 saturated heterocycles. The van der Waals surface area contributed by atoms with Crippen molar-refractivity contribution < 1.29 is 0 Å². The van der Waals surface area contributed by atoms with Gasteiger partial charge in [-0.1, -0.05) is 0 Å². The van der Waals surface area contributed by atoms with E-state index in [1.165, 1.54) is 38.6 Å². The van der Waals surface area contributed by atoms with E-state index in [0.717, 1.165) is 19.1 Å². The van der Waals surface area contributed by atoms with Crippen molar-refractivity contribution in [3.63, 3.8) is 0 Å². The van der Waals surface area contributed by atoms with Crippen LogP contribution in [0.15, 0.2) is 0 Å². The average molecular weight is 223 g/mol. The maximum atomic E-state index is 5.96. The van der Waals surface area contributed by atoms with Gasteiger partial charge in [-0.25, -0.2) is 5.01 Å². The zero-order valence-electron chi connectivity index (χ0n) is 10.7. The molecule has 3 fully saturated rings. The lowest BCUT2D eigenvalue weighted by molar-refractivity contribution is -0.0486. The molecule has 92 valence electrons. The minimum Gasteiger partial charge on any atom is -0.295 e. The zero-order chi connectivity index (χ0) is 11.4. The summed E-state index contributed by atoms with van der Waals surface area (Å²) in [5.74, 6) is 5.96. The SMILES string of the molecule is CC1(C)CCCN1C1CCC12CCN(N)C2. The molecular weight excluding hydrogens is 198 g/mol. The van der Waals surface area contributed by atoms with E-state index >= 15 is 0 Å². The highest BCUT2D eigenvalue weighted by Crippen LogP contribution is 2.52. The van der Waals surface area contributed by atoms with Crippen molar-refractivity contribution in [2.75, 3.05) is 19.6 Å². The van der Waals surface area contributed by atoms with Gasteiger partial charge in [-0.05, 0) is 52.5 Å². The smallest absolute Gasteiger partial charge is 0.0200 e. The number of likely N-dealkylation sites (tertiary alicyclic amines) is 1. The normalized spacial score (nSPS) is 44.1. The molecule has 0 bridgehead atoms. The van der Waals surface area contributed by atoms with Crippen molar-refractivity contribution in [3.8, 4) is 0 Å². The molecule has 2 unspecified atom stereocenters. The zero-order valence-corrected chi connectivity index (χ0v) is 10.7. The molecule has 3 heteroatoms. The second-order valence-corrected chi connectivity index (χ2v) is 6.75. The van der Waals surface area contributed by atoms with Crippen molar-refractivity contribution in [1.29, 1.82) is 0 Å². The van der Waals surface area contributed by atoms with E-state index in [2.05, 4.69) is 18.7 Å². The molecule has 0 amide bonds. The molecule has 0 aromatic carbocycles. The summed E-state index contributed by atoms with van der Waals surface area (Å²) < 4.78 is 0. The summed E-state index contributed by atoms with van der Waals surface area (Å²) in [6, 6.07) is 0.818. The molecule has 16 heavy (non-hydrogen) atoms. The minimum atomic E-state index is 0.431. The third kappa shape index (κ3) is 1.45. The highest BCUT2D eigenvalue weighted by atomic mass is 15.4. The second kappa shape index (κ2) is 3.44. The number of rotatable bonds is 1. The summed E-state index contributed by atoms with van der Waals surface area (Å²) in [5.41, 5.74) is 0.983. The summed E-state index contributed by atoms with van der Waals surface area (Å²) in [6.45, 7) is 8.38. The summed E-state index contributed by atoms with van der Waals surface area (Å²) in [7, 11) is 0. The van der Waals surface area contributed by atoms with Crippen LogP contribution in [0.5, 0.6) is 0 Å². The van der Waals surface area contributed by atoms with E-state index in [1.54, 1.807) is 0 Å². The molecule has 3 aliphatic rings. The van der Waals surface area contributed by atoms with E-state index in [4.69, 9.17) is 5.84 Å². The molecule has 1 saturated carbocycles. The Bertz CT molecular complexity index is 289. The highest BCUT2D eigenvalue weighted by Gasteiger charge is 2.55. The summed E-state index contributed by atoms with van der Waals surface area (Å²) in [5, 5.41) is 2.04. The Hall–Kier alpha value is -0.120. The van der Waals surface area contributed by atoms with Gasteiger partial charge in [-0.2, -0.15) is 0 Å². The van der Waals surface area contributed by atoms with Gasteiger partial charge in [0.15, 0.2) is 0 Å².